The molecule has 2 aliphatic carbocycles. The summed E-state index contributed by atoms with van der Waals surface area (Å²) in [6, 6.07) is 7.33. The molecule has 0 aliphatic heterocycles. The topological polar surface area (TPSA) is 101 Å². The van der Waals surface area contributed by atoms with Crippen molar-refractivity contribution in [3.63, 3.8) is 0 Å². The minimum absolute atomic E-state index is 0.0487. The van der Waals surface area contributed by atoms with Gasteiger partial charge in [0, 0.05) is 12.5 Å². The van der Waals surface area contributed by atoms with Crippen LogP contribution in [0.5, 0.6) is 0 Å². The van der Waals surface area contributed by atoms with E-state index in [0.717, 1.165) is 36.4 Å². The van der Waals surface area contributed by atoms with E-state index in [1.807, 2.05) is 0 Å². The quantitative estimate of drug-likeness (QED) is 0.375. The van der Waals surface area contributed by atoms with Crippen molar-refractivity contribution in [2.24, 2.45) is 11.8 Å². The third-order valence-electron chi connectivity index (χ3n) is 7.85. The zero-order chi connectivity index (χ0) is 28.1. The van der Waals surface area contributed by atoms with Gasteiger partial charge in [-0.1, -0.05) is 18.2 Å². The molecule has 1 saturated carbocycles. The van der Waals surface area contributed by atoms with Gasteiger partial charge >= 0.3 is 12.1 Å². The second-order valence-electron chi connectivity index (χ2n) is 9.94. The highest BCUT2D eigenvalue weighted by Gasteiger charge is 2.62. The van der Waals surface area contributed by atoms with E-state index < -0.39 is 61.5 Å². The highest BCUT2D eigenvalue weighted by molar-refractivity contribution is 7.92. The van der Waals surface area contributed by atoms with Crippen LogP contribution in [0.25, 0.3) is 0 Å². The predicted molar refractivity (Wildman–Crippen MR) is 126 cm³/mol. The van der Waals surface area contributed by atoms with Crippen molar-refractivity contribution in [2.75, 3.05) is 6.54 Å². The maximum atomic E-state index is 14.8. The molecule has 0 heterocycles. The highest BCUT2D eigenvalue weighted by atomic mass is 32.2. The number of hydrogen-bond acceptors (Lipinski definition) is 4. The van der Waals surface area contributed by atoms with E-state index in [4.69, 9.17) is 5.11 Å². The Bertz CT molecular complexity index is 1360. The maximum Gasteiger partial charge on any atom is 0.426 e. The zero-order valence-electron chi connectivity index (χ0n) is 20.3. The van der Waals surface area contributed by atoms with Crippen molar-refractivity contribution in [3.8, 4) is 0 Å². The monoisotopic (exact) mass is 559 g/mol. The molecule has 1 amide bonds. The van der Waals surface area contributed by atoms with Gasteiger partial charge in [0.15, 0.2) is 9.84 Å². The molecular weight excluding hydrogens is 533 g/mol. The summed E-state index contributed by atoms with van der Waals surface area (Å²) in [4.78, 5) is 23.6. The second-order valence-corrected chi connectivity index (χ2v) is 12.2. The van der Waals surface area contributed by atoms with Gasteiger partial charge in [0.2, 0.25) is 11.6 Å². The van der Waals surface area contributed by atoms with E-state index >= 15 is 0 Å². The van der Waals surface area contributed by atoms with Gasteiger partial charge in [-0.3, -0.25) is 9.59 Å². The summed E-state index contributed by atoms with van der Waals surface area (Å²) in [6.45, 7) is 0.250. The van der Waals surface area contributed by atoms with E-state index in [0.29, 0.717) is 6.92 Å². The molecule has 38 heavy (non-hydrogen) atoms. The third-order valence-corrected chi connectivity index (χ3v) is 10.4. The first-order valence-electron chi connectivity index (χ1n) is 12.0. The molecule has 12 heteroatoms. The lowest BCUT2D eigenvalue weighted by atomic mass is 9.72. The molecule has 0 bridgehead atoms. The van der Waals surface area contributed by atoms with Crippen molar-refractivity contribution in [3.05, 3.63) is 65.0 Å². The van der Waals surface area contributed by atoms with Gasteiger partial charge in [0.1, 0.15) is 10.6 Å². The molecule has 4 rings (SSSR count). The lowest BCUT2D eigenvalue weighted by molar-refractivity contribution is -0.228. The van der Waals surface area contributed by atoms with Crippen LogP contribution in [0.4, 0.5) is 22.0 Å². The fraction of sp³-hybridized carbons (Fsp3) is 0.462. The van der Waals surface area contributed by atoms with Crippen LogP contribution in [0.1, 0.15) is 49.3 Å². The Morgan fingerprint density at radius 2 is 1.74 bits per heavy atom. The Labute approximate surface area is 216 Å². The largest absolute Gasteiger partial charge is 0.481 e. The molecule has 1 unspecified atom stereocenters. The molecular formula is C26H26F5NO5S. The van der Waals surface area contributed by atoms with Gasteiger partial charge in [-0.15, -0.1) is 0 Å². The van der Waals surface area contributed by atoms with E-state index in [1.54, 1.807) is 0 Å². The van der Waals surface area contributed by atoms with Crippen LogP contribution in [0.2, 0.25) is 0 Å². The predicted octanol–water partition coefficient (Wildman–Crippen LogP) is 4.81. The fourth-order valence-electron chi connectivity index (χ4n) is 5.87. The third kappa shape index (κ3) is 4.46. The summed E-state index contributed by atoms with van der Waals surface area (Å²) >= 11 is 0. The molecule has 4 atom stereocenters. The standard InChI is InChI=1S/C26H26F5NO5S/c1-24(28,26(29,30)31)16-3-9-20-15(14-16)2-8-21-19(23(35)32-13-11-22(33)34)10-12-25(20,21)38(36,37)18-6-4-17(27)5-7-18/h3-7,9,14,19,21H,2,8,10-13H2,1H3,(H,32,35)(H,33,34)/t19-,21+,24?,25-/m1/s1. The summed E-state index contributed by atoms with van der Waals surface area (Å²) in [6.07, 6.45) is -5.22. The normalized spacial score (nSPS) is 24.7. The zero-order valence-corrected chi connectivity index (χ0v) is 21.1. The number of aryl methyl sites for hydroxylation is 1. The number of nitrogens with one attached hydrogen (secondary N) is 1. The number of alkyl halides is 4. The van der Waals surface area contributed by atoms with Crippen LogP contribution in [0.3, 0.4) is 0 Å². The smallest absolute Gasteiger partial charge is 0.426 e. The Morgan fingerprint density at radius 1 is 1.08 bits per heavy atom. The molecule has 6 nitrogen and oxygen atoms in total. The number of hydrogen-bond donors (Lipinski definition) is 2. The number of fused-ring (bicyclic) bond motifs is 3. The van der Waals surface area contributed by atoms with Crippen LogP contribution in [0.15, 0.2) is 47.4 Å². The molecule has 2 aromatic rings. The molecule has 0 radical (unpaired) electrons. The molecule has 0 aromatic heterocycles. The number of aliphatic carboxylic acids is 1. The van der Waals surface area contributed by atoms with Crippen molar-refractivity contribution in [2.45, 2.75) is 60.5 Å². The number of amides is 1. The van der Waals surface area contributed by atoms with E-state index in [1.165, 1.54) is 6.07 Å². The summed E-state index contributed by atoms with van der Waals surface area (Å²) in [7, 11) is -4.32. The minimum Gasteiger partial charge on any atom is -0.481 e. The number of carboxylic acids is 1. The second kappa shape index (κ2) is 9.62. The average Bonchev–Trinajstić information content (AvgIpc) is 3.25. The summed E-state index contributed by atoms with van der Waals surface area (Å²) in [5.74, 6) is -3.90. The SMILES string of the molecule is CC(F)(c1ccc2c(c1)CC[C@H]1[C@H](C(=O)NCCC(=O)O)CC[C@@]21S(=O)(=O)c1ccc(F)cc1)C(F)(F)F. The Morgan fingerprint density at radius 3 is 2.34 bits per heavy atom. The van der Waals surface area contributed by atoms with Gasteiger partial charge in [0.25, 0.3) is 0 Å². The fourth-order valence-corrected chi connectivity index (χ4v) is 8.34. The van der Waals surface area contributed by atoms with Crippen LogP contribution in [-0.4, -0.2) is 38.1 Å². The number of halogens is 5. The van der Waals surface area contributed by atoms with Gasteiger partial charge in [-0.05, 0) is 79.5 Å². The Balaban J connectivity index is 1.84. The first-order chi connectivity index (χ1) is 17.6. The van der Waals surface area contributed by atoms with E-state index in [9.17, 15) is 40.0 Å². The molecule has 0 spiro atoms. The van der Waals surface area contributed by atoms with Gasteiger partial charge in [-0.2, -0.15) is 13.2 Å². The van der Waals surface area contributed by atoms with Crippen LogP contribution >= 0.6 is 0 Å². The minimum atomic E-state index is -5.19. The summed E-state index contributed by atoms with van der Waals surface area (Å²) in [5.41, 5.74) is -3.88. The van der Waals surface area contributed by atoms with Crippen LogP contribution < -0.4 is 5.32 Å². The van der Waals surface area contributed by atoms with Gasteiger partial charge < -0.3 is 10.4 Å². The lowest BCUT2D eigenvalue weighted by Gasteiger charge is -2.42. The average molecular weight is 560 g/mol. The Hall–Kier alpha value is -3.02. The first kappa shape index (κ1) is 28.0. The number of rotatable bonds is 7. The number of carbonyl (C=O) groups excluding carboxylic acids is 1. The first-order valence-corrected chi connectivity index (χ1v) is 13.5. The highest BCUT2D eigenvalue weighted by Crippen LogP contribution is 2.59. The Kier molecular flexibility index (Phi) is 7.09. The number of sulfone groups is 1. The lowest BCUT2D eigenvalue weighted by Crippen LogP contribution is -2.47. The molecule has 0 saturated heterocycles. The molecule has 1 fully saturated rings. The van der Waals surface area contributed by atoms with Crippen molar-refractivity contribution in [1.29, 1.82) is 0 Å². The van der Waals surface area contributed by atoms with Crippen LogP contribution in [-0.2, 0) is 36.3 Å². The van der Waals surface area contributed by atoms with Gasteiger partial charge in [-0.25, -0.2) is 17.2 Å². The molecule has 2 aromatic carbocycles. The van der Waals surface area contributed by atoms with E-state index in [2.05, 4.69) is 5.32 Å². The number of benzene rings is 2. The molecule has 2 aliphatic rings. The van der Waals surface area contributed by atoms with Crippen molar-refractivity contribution >= 4 is 21.7 Å². The maximum absolute atomic E-state index is 14.8. The van der Waals surface area contributed by atoms with Crippen LogP contribution in [0, 0.1) is 17.7 Å². The van der Waals surface area contributed by atoms with E-state index in [-0.39, 0.29) is 54.7 Å². The van der Waals surface area contributed by atoms with Crippen molar-refractivity contribution in [1.82, 2.24) is 5.32 Å². The number of carbonyl (C=O) groups is 2. The summed E-state index contributed by atoms with van der Waals surface area (Å²) in [5, 5.41) is 11.4. The number of carboxylic acid groups (broad SMARTS) is 1. The molecule has 206 valence electrons. The van der Waals surface area contributed by atoms with Gasteiger partial charge in [0.05, 0.1) is 11.3 Å². The molecule has 2 N–H and O–H groups in total. The van der Waals surface area contributed by atoms with Crippen molar-refractivity contribution < 1.29 is 45.1 Å². The summed E-state index contributed by atoms with van der Waals surface area (Å²) < 4.78 is 95.2.